The summed E-state index contributed by atoms with van der Waals surface area (Å²) in [6, 6.07) is 4.36. The summed E-state index contributed by atoms with van der Waals surface area (Å²) in [6.07, 6.45) is 5.26. The lowest BCUT2D eigenvalue weighted by Crippen LogP contribution is -2.42. The van der Waals surface area contributed by atoms with Gasteiger partial charge in [0.2, 0.25) is 0 Å². The zero-order valence-electron chi connectivity index (χ0n) is 12.6. The predicted molar refractivity (Wildman–Crippen MR) is 86.1 cm³/mol. The second kappa shape index (κ2) is 6.57. The molecule has 2 bridgehead atoms. The Morgan fingerprint density at radius 2 is 2.27 bits per heavy atom. The van der Waals surface area contributed by atoms with Crippen molar-refractivity contribution in [1.82, 2.24) is 5.32 Å². The quantitative estimate of drug-likeness (QED) is 0.854. The lowest BCUT2D eigenvalue weighted by molar-refractivity contribution is -0.124. The highest BCUT2D eigenvalue weighted by atomic mass is 79.9. The molecule has 22 heavy (non-hydrogen) atoms. The lowest BCUT2D eigenvalue weighted by atomic mass is 9.84. The minimum Gasteiger partial charge on any atom is -0.483 e. The fourth-order valence-electron chi connectivity index (χ4n) is 4.04. The van der Waals surface area contributed by atoms with Crippen LogP contribution in [-0.2, 0) is 4.79 Å². The maximum Gasteiger partial charge on any atom is 0.258 e. The smallest absolute Gasteiger partial charge is 0.258 e. The van der Waals surface area contributed by atoms with Crippen molar-refractivity contribution in [3.63, 3.8) is 0 Å². The molecule has 1 amide bonds. The number of halogens is 2. The van der Waals surface area contributed by atoms with Gasteiger partial charge in [-0.2, -0.15) is 0 Å². The molecule has 1 aromatic carbocycles. The highest BCUT2D eigenvalue weighted by molar-refractivity contribution is 9.10. The van der Waals surface area contributed by atoms with E-state index in [9.17, 15) is 9.18 Å². The Morgan fingerprint density at radius 3 is 2.91 bits per heavy atom. The van der Waals surface area contributed by atoms with Crippen molar-refractivity contribution >= 4 is 21.8 Å². The summed E-state index contributed by atoms with van der Waals surface area (Å²) in [5, 5.41) is 3.05. The molecule has 0 aromatic heterocycles. The van der Waals surface area contributed by atoms with Gasteiger partial charge in [0, 0.05) is 6.04 Å². The van der Waals surface area contributed by atoms with Crippen molar-refractivity contribution in [2.75, 3.05) is 6.61 Å². The molecule has 1 N–H and O–H groups in total. The van der Waals surface area contributed by atoms with E-state index < -0.39 is 0 Å². The van der Waals surface area contributed by atoms with Crippen molar-refractivity contribution in [3.8, 4) is 5.75 Å². The van der Waals surface area contributed by atoms with Gasteiger partial charge in [0.1, 0.15) is 11.6 Å². The molecule has 4 atom stereocenters. The van der Waals surface area contributed by atoms with Crippen LogP contribution in [-0.4, -0.2) is 18.6 Å². The summed E-state index contributed by atoms with van der Waals surface area (Å²) in [7, 11) is 0. The molecule has 0 heterocycles. The summed E-state index contributed by atoms with van der Waals surface area (Å²) in [5.41, 5.74) is 0. The molecule has 3 nitrogen and oxygen atoms in total. The molecule has 2 aliphatic carbocycles. The van der Waals surface area contributed by atoms with Gasteiger partial charge in [-0.15, -0.1) is 0 Å². The van der Waals surface area contributed by atoms with Crippen LogP contribution in [0, 0.1) is 23.6 Å². The van der Waals surface area contributed by atoms with Gasteiger partial charge >= 0.3 is 0 Å². The maximum absolute atomic E-state index is 13.0. The summed E-state index contributed by atoms with van der Waals surface area (Å²) in [5.74, 6) is 2.29. The van der Waals surface area contributed by atoms with Crippen LogP contribution >= 0.6 is 15.9 Å². The van der Waals surface area contributed by atoms with E-state index in [0.29, 0.717) is 16.1 Å². The van der Waals surface area contributed by atoms with Crippen LogP contribution < -0.4 is 10.1 Å². The molecule has 0 saturated heterocycles. The van der Waals surface area contributed by atoms with Crippen LogP contribution in [0.5, 0.6) is 5.75 Å². The Balaban J connectivity index is 1.48. The third-order valence-electron chi connectivity index (χ3n) is 5.08. The van der Waals surface area contributed by atoms with Crippen LogP contribution in [0.3, 0.4) is 0 Å². The normalized spacial score (nSPS) is 27.7. The minimum atomic E-state index is -0.339. The maximum atomic E-state index is 13.0. The number of rotatable bonds is 5. The SMILES string of the molecule is CC(NC(=O)COc1ccc(F)cc1Br)C1CC2CCC1C2. The summed E-state index contributed by atoms with van der Waals surface area (Å²) >= 11 is 3.23. The second-order valence-electron chi connectivity index (χ2n) is 6.56. The van der Waals surface area contributed by atoms with Crippen molar-refractivity contribution in [3.05, 3.63) is 28.5 Å². The van der Waals surface area contributed by atoms with Gasteiger partial charge in [-0.25, -0.2) is 4.39 Å². The molecule has 0 spiro atoms. The van der Waals surface area contributed by atoms with Gasteiger partial charge in [0.25, 0.3) is 5.91 Å². The predicted octanol–water partition coefficient (Wildman–Crippen LogP) is 3.91. The van der Waals surface area contributed by atoms with Gasteiger partial charge in [-0.3, -0.25) is 4.79 Å². The van der Waals surface area contributed by atoms with E-state index in [2.05, 4.69) is 28.2 Å². The Labute approximate surface area is 138 Å². The van der Waals surface area contributed by atoms with Crippen molar-refractivity contribution in [2.24, 2.45) is 17.8 Å². The number of carbonyl (C=O) groups excluding carboxylic acids is 1. The van der Waals surface area contributed by atoms with Crippen LogP contribution in [0.4, 0.5) is 4.39 Å². The molecule has 120 valence electrons. The Hall–Kier alpha value is -1.10. The van der Waals surface area contributed by atoms with E-state index >= 15 is 0 Å². The third-order valence-corrected chi connectivity index (χ3v) is 5.70. The van der Waals surface area contributed by atoms with Crippen LogP contribution in [0.25, 0.3) is 0 Å². The Bertz CT molecular complexity index is 566. The molecule has 2 aliphatic rings. The Kier molecular flexibility index (Phi) is 4.71. The van der Waals surface area contributed by atoms with E-state index in [1.54, 1.807) is 0 Å². The Morgan fingerprint density at radius 1 is 1.45 bits per heavy atom. The first kappa shape index (κ1) is 15.8. The van der Waals surface area contributed by atoms with Crippen LogP contribution in [0.2, 0.25) is 0 Å². The zero-order valence-corrected chi connectivity index (χ0v) is 14.2. The van der Waals surface area contributed by atoms with Gasteiger partial charge in [-0.05, 0) is 78.1 Å². The number of benzene rings is 1. The zero-order chi connectivity index (χ0) is 15.7. The number of fused-ring (bicyclic) bond motifs is 2. The number of carbonyl (C=O) groups is 1. The summed E-state index contributed by atoms with van der Waals surface area (Å²) in [4.78, 5) is 12.0. The summed E-state index contributed by atoms with van der Waals surface area (Å²) in [6.45, 7) is 2.05. The molecule has 5 heteroatoms. The van der Waals surface area contributed by atoms with E-state index in [-0.39, 0.29) is 24.4 Å². The van der Waals surface area contributed by atoms with Crippen molar-refractivity contribution < 1.29 is 13.9 Å². The van der Waals surface area contributed by atoms with Crippen LogP contribution in [0.1, 0.15) is 32.6 Å². The number of ether oxygens (including phenoxy) is 1. The van der Waals surface area contributed by atoms with Crippen LogP contribution in [0.15, 0.2) is 22.7 Å². The van der Waals surface area contributed by atoms with Gasteiger partial charge in [0.05, 0.1) is 4.47 Å². The average molecular weight is 370 g/mol. The average Bonchev–Trinajstić information content (AvgIpc) is 3.09. The topological polar surface area (TPSA) is 38.3 Å². The minimum absolute atomic E-state index is 0.0462. The molecule has 0 aliphatic heterocycles. The van der Waals surface area contributed by atoms with Gasteiger partial charge < -0.3 is 10.1 Å². The van der Waals surface area contributed by atoms with E-state index in [1.165, 1.54) is 43.9 Å². The molecule has 2 fully saturated rings. The molecule has 0 radical (unpaired) electrons. The van der Waals surface area contributed by atoms with Gasteiger partial charge in [0.15, 0.2) is 6.61 Å². The number of amides is 1. The monoisotopic (exact) mass is 369 g/mol. The fourth-order valence-corrected chi connectivity index (χ4v) is 4.51. The molecule has 3 rings (SSSR count). The first-order valence-electron chi connectivity index (χ1n) is 7.90. The molecule has 2 saturated carbocycles. The number of nitrogens with one attached hydrogen (secondary N) is 1. The highest BCUT2D eigenvalue weighted by Gasteiger charge is 2.42. The van der Waals surface area contributed by atoms with Crippen molar-refractivity contribution in [1.29, 1.82) is 0 Å². The lowest BCUT2D eigenvalue weighted by Gasteiger charge is -2.28. The molecular formula is C17H21BrFNO2. The van der Waals surface area contributed by atoms with E-state index in [4.69, 9.17) is 4.74 Å². The first-order chi connectivity index (χ1) is 10.5. The highest BCUT2D eigenvalue weighted by Crippen LogP contribution is 2.49. The fraction of sp³-hybridized carbons (Fsp3) is 0.588. The molecular weight excluding hydrogens is 349 g/mol. The molecule has 1 aromatic rings. The van der Waals surface area contributed by atoms with E-state index in [0.717, 1.165) is 11.8 Å². The summed E-state index contributed by atoms with van der Waals surface area (Å²) < 4.78 is 19.0. The van der Waals surface area contributed by atoms with Gasteiger partial charge in [-0.1, -0.05) is 6.42 Å². The number of hydrogen-bond acceptors (Lipinski definition) is 2. The largest absolute Gasteiger partial charge is 0.483 e. The standard InChI is InChI=1S/C17H21BrFNO2/c1-10(14-7-11-2-3-12(14)6-11)20-17(21)9-22-16-5-4-13(19)8-15(16)18/h4-5,8,10-12,14H,2-3,6-7,9H2,1H3,(H,20,21). The second-order valence-corrected chi connectivity index (χ2v) is 7.41. The van der Waals surface area contributed by atoms with Crippen molar-refractivity contribution in [2.45, 2.75) is 38.6 Å². The van der Waals surface area contributed by atoms with E-state index in [1.807, 2.05) is 0 Å². The molecule has 4 unspecified atom stereocenters. The third kappa shape index (κ3) is 3.45. The first-order valence-corrected chi connectivity index (χ1v) is 8.69. The number of hydrogen-bond donors (Lipinski definition) is 1.